The van der Waals surface area contributed by atoms with E-state index in [1.807, 2.05) is 18.2 Å². The van der Waals surface area contributed by atoms with Crippen LogP contribution in [0.4, 0.5) is 0 Å². The van der Waals surface area contributed by atoms with E-state index in [1.54, 1.807) is 0 Å². The van der Waals surface area contributed by atoms with Gasteiger partial charge in [0, 0.05) is 36.7 Å². The molecule has 0 bridgehead atoms. The summed E-state index contributed by atoms with van der Waals surface area (Å²) >= 11 is 9.58. The van der Waals surface area contributed by atoms with Gasteiger partial charge in [-0.3, -0.25) is 0 Å². The van der Waals surface area contributed by atoms with Crippen molar-refractivity contribution in [2.45, 2.75) is 0 Å². The van der Waals surface area contributed by atoms with E-state index in [1.165, 1.54) is 10.8 Å². The molecule has 0 aliphatic rings. The van der Waals surface area contributed by atoms with Gasteiger partial charge in [0.15, 0.2) is 0 Å². The Labute approximate surface area is 116 Å². The Kier molecular flexibility index (Phi) is 2.05. The maximum atomic E-state index is 6.09. The highest BCUT2D eigenvalue weighted by molar-refractivity contribution is 9.10. The molecule has 0 radical (unpaired) electrons. The van der Waals surface area contributed by atoms with Gasteiger partial charge in [0.25, 0.3) is 0 Å². The molecule has 2 aromatic heterocycles. The molecule has 0 saturated heterocycles. The van der Waals surface area contributed by atoms with E-state index < -0.39 is 0 Å². The lowest BCUT2D eigenvalue weighted by Crippen LogP contribution is -1.72. The molecule has 0 saturated carbocycles. The monoisotopic (exact) mass is 318 g/mol. The predicted molar refractivity (Wildman–Crippen MR) is 80.4 cm³/mol. The Morgan fingerprint density at radius 2 is 1.72 bits per heavy atom. The van der Waals surface area contributed by atoms with Gasteiger partial charge in [-0.25, -0.2) is 0 Å². The second-order valence-electron chi connectivity index (χ2n) is 4.38. The fourth-order valence-corrected chi connectivity index (χ4v) is 3.04. The molecule has 2 aromatic carbocycles. The molecule has 0 unspecified atom stereocenters. The van der Waals surface area contributed by atoms with Gasteiger partial charge in [0.05, 0.1) is 0 Å². The third-order valence-electron chi connectivity index (χ3n) is 3.27. The number of aromatic nitrogens is 2. The SMILES string of the molecule is Clc1ccc2[nH]c3[nH]c4cc(Br)ccc4c3c2c1. The van der Waals surface area contributed by atoms with Crippen molar-refractivity contribution in [1.82, 2.24) is 9.97 Å². The summed E-state index contributed by atoms with van der Waals surface area (Å²) < 4.78 is 1.07. The van der Waals surface area contributed by atoms with Crippen LogP contribution in [0.5, 0.6) is 0 Å². The number of fused-ring (bicyclic) bond motifs is 5. The second-order valence-corrected chi connectivity index (χ2v) is 5.73. The molecule has 4 rings (SSSR count). The molecule has 2 N–H and O–H groups in total. The Hall–Kier alpha value is -1.45. The summed E-state index contributed by atoms with van der Waals surface area (Å²) in [6.45, 7) is 0. The Bertz CT molecular complexity index is 904. The first-order valence-corrected chi connectivity index (χ1v) is 6.77. The fourth-order valence-electron chi connectivity index (χ4n) is 2.51. The van der Waals surface area contributed by atoms with Crippen molar-refractivity contribution >= 4 is 60.4 Å². The standard InChI is InChI=1S/C14H8BrClN2/c15-7-1-3-9-12(5-7)18-14-13(9)10-6-8(16)2-4-11(10)17-14/h1-6,17-18H. The Morgan fingerprint density at radius 1 is 0.889 bits per heavy atom. The van der Waals surface area contributed by atoms with E-state index in [0.29, 0.717) is 0 Å². The largest absolute Gasteiger partial charge is 0.341 e. The molecule has 88 valence electrons. The molecule has 2 heterocycles. The zero-order valence-corrected chi connectivity index (χ0v) is 11.6. The van der Waals surface area contributed by atoms with Crippen LogP contribution in [0.2, 0.25) is 5.02 Å². The van der Waals surface area contributed by atoms with Crippen LogP contribution < -0.4 is 0 Å². The van der Waals surface area contributed by atoms with Gasteiger partial charge >= 0.3 is 0 Å². The van der Waals surface area contributed by atoms with Crippen molar-refractivity contribution in [3.8, 4) is 0 Å². The van der Waals surface area contributed by atoms with Crippen molar-refractivity contribution in [3.05, 3.63) is 45.9 Å². The van der Waals surface area contributed by atoms with E-state index in [4.69, 9.17) is 11.6 Å². The zero-order valence-electron chi connectivity index (χ0n) is 9.22. The topological polar surface area (TPSA) is 31.6 Å². The third kappa shape index (κ3) is 1.35. The van der Waals surface area contributed by atoms with Crippen molar-refractivity contribution in [2.24, 2.45) is 0 Å². The molecule has 0 atom stereocenters. The molecule has 0 aliphatic carbocycles. The molecule has 0 aliphatic heterocycles. The number of nitrogens with one attached hydrogen (secondary N) is 2. The highest BCUT2D eigenvalue weighted by Crippen LogP contribution is 2.34. The van der Waals surface area contributed by atoms with Crippen molar-refractivity contribution < 1.29 is 0 Å². The van der Waals surface area contributed by atoms with Gasteiger partial charge in [-0.1, -0.05) is 33.6 Å². The lowest BCUT2D eigenvalue weighted by molar-refractivity contribution is 1.42. The minimum atomic E-state index is 0.759. The van der Waals surface area contributed by atoms with Crippen LogP contribution in [0.25, 0.3) is 32.8 Å². The van der Waals surface area contributed by atoms with E-state index >= 15 is 0 Å². The van der Waals surface area contributed by atoms with Crippen LogP contribution in [0.1, 0.15) is 0 Å². The van der Waals surface area contributed by atoms with Crippen LogP contribution in [-0.4, -0.2) is 9.97 Å². The summed E-state index contributed by atoms with van der Waals surface area (Å²) in [5, 5.41) is 4.33. The maximum absolute atomic E-state index is 6.09. The summed E-state index contributed by atoms with van der Waals surface area (Å²) in [5.74, 6) is 0. The summed E-state index contributed by atoms with van der Waals surface area (Å²) in [4.78, 5) is 6.78. The highest BCUT2D eigenvalue weighted by Gasteiger charge is 2.11. The van der Waals surface area contributed by atoms with Gasteiger partial charge in [-0.05, 0) is 30.3 Å². The number of halogens is 2. The molecule has 18 heavy (non-hydrogen) atoms. The highest BCUT2D eigenvalue weighted by atomic mass is 79.9. The van der Waals surface area contributed by atoms with Crippen LogP contribution in [0.15, 0.2) is 40.9 Å². The molecule has 2 nitrogen and oxygen atoms in total. The summed E-state index contributed by atoms with van der Waals surface area (Å²) in [6, 6.07) is 12.2. The summed E-state index contributed by atoms with van der Waals surface area (Å²) in [7, 11) is 0. The first kappa shape index (κ1) is 10.5. The van der Waals surface area contributed by atoms with E-state index in [-0.39, 0.29) is 0 Å². The van der Waals surface area contributed by atoms with E-state index in [0.717, 1.165) is 31.6 Å². The van der Waals surface area contributed by atoms with Crippen LogP contribution in [0, 0.1) is 0 Å². The van der Waals surface area contributed by atoms with Gasteiger partial charge in [0.1, 0.15) is 5.65 Å². The van der Waals surface area contributed by atoms with Crippen molar-refractivity contribution in [3.63, 3.8) is 0 Å². The number of aromatic amines is 2. The molecule has 4 aromatic rings. The lowest BCUT2D eigenvalue weighted by Gasteiger charge is -1.94. The van der Waals surface area contributed by atoms with E-state index in [2.05, 4.69) is 44.1 Å². The lowest BCUT2D eigenvalue weighted by atomic mass is 10.1. The number of hydrogen-bond acceptors (Lipinski definition) is 0. The minimum Gasteiger partial charge on any atom is -0.341 e. The minimum absolute atomic E-state index is 0.759. The number of rotatable bonds is 0. The molecular weight excluding hydrogens is 312 g/mol. The summed E-state index contributed by atoms with van der Waals surface area (Å²) in [5.41, 5.74) is 3.26. The smallest absolute Gasteiger partial charge is 0.116 e. The van der Waals surface area contributed by atoms with E-state index in [9.17, 15) is 0 Å². The van der Waals surface area contributed by atoms with Crippen molar-refractivity contribution in [1.29, 1.82) is 0 Å². The first-order chi connectivity index (χ1) is 8.72. The first-order valence-electron chi connectivity index (χ1n) is 5.60. The summed E-state index contributed by atoms with van der Waals surface area (Å²) in [6.07, 6.45) is 0. The second kappa shape index (κ2) is 3.53. The molecule has 4 heteroatoms. The van der Waals surface area contributed by atoms with Crippen LogP contribution in [-0.2, 0) is 0 Å². The number of H-pyrrole nitrogens is 2. The van der Waals surface area contributed by atoms with Gasteiger partial charge in [0.2, 0.25) is 0 Å². The maximum Gasteiger partial charge on any atom is 0.116 e. The third-order valence-corrected chi connectivity index (χ3v) is 4.00. The average Bonchev–Trinajstić information content (AvgIpc) is 2.83. The van der Waals surface area contributed by atoms with Gasteiger partial charge < -0.3 is 9.97 Å². The zero-order chi connectivity index (χ0) is 12.3. The molecule has 0 spiro atoms. The predicted octanol–water partition coefficient (Wildman–Crippen LogP) is 5.22. The Balaban J connectivity index is 2.28. The number of benzene rings is 2. The fraction of sp³-hybridized carbons (Fsp3) is 0. The van der Waals surface area contributed by atoms with Gasteiger partial charge in [-0.15, -0.1) is 0 Å². The molecule has 0 fully saturated rings. The average molecular weight is 320 g/mol. The van der Waals surface area contributed by atoms with Gasteiger partial charge in [-0.2, -0.15) is 0 Å². The Morgan fingerprint density at radius 3 is 2.61 bits per heavy atom. The quantitative estimate of drug-likeness (QED) is 0.445. The van der Waals surface area contributed by atoms with Crippen LogP contribution in [0.3, 0.4) is 0 Å². The van der Waals surface area contributed by atoms with Crippen LogP contribution >= 0.6 is 27.5 Å². The van der Waals surface area contributed by atoms with Crippen molar-refractivity contribution in [2.75, 3.05) is 0 Å². The molecular formula is C14H8BrClN2. The normalized spacial score (nSPS) is 11.9. The molecule has 0 amide bonds. The number of hydrogen-bond donors (Lipinski definition) is 2.